The number of rotatable bonds is 6. The van der Waals surface area contributed by atoms with Gasteiger partial charge in [0.05, 0.1) is 16.3 Å². The van der Waals surface area contributed by atoms with Crippen LogP contribution >= 0.6 is 0 Å². The molecule has 0 saturated carbocycles. The summed E-state index contributed by atoms with van der Waals surface area (Å²) < 4.78 is 32.3. The van der Waals surface area contributed by atoms with Gasteiger partial charge in [-0.15, -0.1) is 4.40 Å². The maximum Gasteiger partial charge on any atom is 0.285 e. The number of pyridine rings is 1. The average molecular weight is 597 g/mol. The first-order valence-electron chi connectivity index (χ1n) is 14.3. The molecule has 7 heteroatoms. The van der Waals surface area contributed by atoms with Crippen LogP contribution in [0.25, 0.3) is 22.0 Å². The second-order valence-corrected chi connectivity index (χ2v) is 12.4. The highest BCUT2D eigenvalue weighted by atomic mass is 32.2. The van der Waals surface area contributed by atoms with Crippen molar-refractivity contribution in [2.75, 3.05) is 10.2 Å². The molecule has 218 valence electrons. The van der Waals surface area contributed by atoms with Crippen LogP contribution in [-0.2, 0) is 10.0 Å². The first-order chi connectivity index (χ1) is 21.3. The van der Waals surface area contributed by atoms with E-state index in [9.17, 15) is 8.42 Å². The summed E-state index contributed by atoms with van der Waals surface area (Å²) in [5, 5.41) is 5.14. The van der Waals surface area contributed by atoms with Crippen LogP contribution in [0, 0.1) is 20.8 Å². The van der Waals surface area contributed by atoms with E-state index in [1.165, 1.54) is 0 Å². The molecule has 1 N–H and O–H groups in total. The number of anilines is 3. The Morgan fingerprint density at radius 2 is 1.25 bits per heavy atom. The van der Waals surface area contributed by atoms with Gasteiger partial charge in [0.1, 0.15) is 5.82 Å². The molecule has 0 radical (unpaired) electrons. The summed E-state index contributed by atoms with van der Waals surface area (Å²) in [5.74, 6) is 0.643. The van der Waals surface area contributed by atoms with Gasteiger partial charge in [-0.05, 0) is 68.6 Å². The lowest BCUT2D eigenvalue weighted by Gasteiger charge is -2.28. The number of hydrogen-bond donors (Lipinski definition) is 1. The van der Waals surface area contributed by atoms with Crippen LogP contribution in [0.2, 0.25) is 0 Å². The maximum absolute atomic E-state index is 13.9. The lowest BCUT2D eigenvalue weighted by molar-refractivity contribution is 0.598. The van der Waals surface area contributed by atoms with Gasteiger partial charge in [-0.3, -0.25) is 4.90 Å². The lowest BCUT2D eigenvalue weighted by atomic mass is 10.1. The first-order valence-corrected chi connectivity index (χ1v) is 15.8. The number of aryl methyl sites for hydroxylation is 3. The van der Waals surface area contributed by atoms with Crippen LogP contribution < -0.4 is 10.2 Å². The zero-order chi connectivity index (χ0) is 30.7. The number of hydrogen-bond acceptors (Lipinski definition) is 3. The van der Waals surface area contributed by atoms with Crippen molar-refractivity contribution in [1.29, 1.82) is 0 Å². The summed E-state index contributed by atoms with van der Waals surface area (Å²) in [6.45, 7) is 5.93. The fraction of sp³-hybridized carbons (Fsp3) is 0.0811. The molecular formula is C37H32N4O2S. The molecule has 0 unspecified atom stereocenters. The molecule has 0 saturated heterocycles. The van der Waals surface area contributed by atoms with E-state index in [-0.39, 0.29) is 10.9 Å². The average Bonchev–Trinajstić information content (AvgIpc) is 3.03. The maximum atomic E-state index is 13.9. The summed E-state index contributed by atoms with van der Waals surface area (Å²) in [4.78, 5) is 7.07. The zero-order valence-corrected chi connectivity index (χ0v) is 25.6. The van der Waals surface area contributed by atoms with E-state index in [1.54, 1.807) is 29.2 Å². The monoisotopic (exact) mass is 596 g/mol. The normalized spacial score (nSPS) is 11.8. The molecule has 6 aromatic rings. The minimum absolute atomic E-state index is 0.0983. The minimum atomic E-state index is -4.13. The Morgan fingerprint density at radius 3 is 1.91 bits per heavy atom. The third-order valence-corrected chi connectivity index (χ3v) is 8.62. The topological polar surface area (TPSA) is 74.7 Å². The van der Waals surface area contributed by atoms with Gasteiger partial charge in [0.15, 0.2) is 0 Å². The van der Waals surface area contributed by atoms with Gasteiger partial charge in [0, 0.05) is 16.6 Å². The fourth-order valence-electron chi connectivity index (χ4n) is 4.91. The highest BCUT2D eigenvalue weighted by molar-refractivity contribution is 7.90. The number of nitrogens with one attached hydrogen (secondary N) is 1. The SMILES string of the molecule is Cc1ccc(N/C(=N\S(=O)(=O)c2ccc(C)cc2)N(c2ccc(C)cc2)c2nc(-c3ccccc3)cc3ccccc23)cc1. The van der Waals surface area contributed by atoms with Gasteiger partial charge in [-0.25, -0.2) is 4.98 Å². The van der Waals surface area contributed by atoms with Crippen molar-refractivity contribution in [3.63, 3.8) is 0 Å². The molecule has 0 spiro atoms. The smallest absolute Gasteiger partial charge is 0.285 e. The highest BCUT2D eigenvalue weighted by Gasteiger charge is 2.25. The Balaban J connectivity index is 1.64. The van der Waals surface area contributed by atoms with E-state index < -0.39 is 10.0 Å². The standard InChI is InChI=1S/C37H32N4O2S/c1-26-13-19-31(20-14-26)38-37(40-44(42,43)33-23-17-28(3)18-24-33)41(32-21-15-27(2)16-22-32)36-34-12-8-7-11-30(34)25-35(39-36)29-9-5-4-6-10-29/h4-25H,1-3H3,(H,38,40). The van der Waals surface area contributed by atoms with E-state index in [1.807, 2.05) is 124 Å². The summed E-state index contributed by atoms with van der Waals surface area (Å²) in [5.41, 5.74) is 6.21. The van der Waals surface area contributed by atoms with Crippen LogP contribution in [0.15, 0.2) is 143 Å². The minimum Gasteiger partial charge on any atom is -0.325 e. The van der Waals surface area contributed by atoms with Gasteiger partial charge in [0.25, 0.3) is 10.0 Å². The van der Waals surface area contributed by atoms with E-state index in [2.05, 4.69) is 15.8 Å². The molecule has 0 aliphatic carbocycles. The molecule has 0 aliphatic heterocycles. The van der Waals surface area contributed by atoms with E-state index in [4.69, 9.17) is 4.98 Å². The number of aromatic nitrogens is 1. The summed E-state index contributed by atoms with van der Waals surface area (Å²) >= 11 is 0. The van der Waals surface area contributed by atoms with Crippen LogP contribution in [0.5, 0.6) is 0 Å². The Morgan fingerprint density at radius 1 is 0.682 bits per heavy atom. The van der Waals surface area contributed by atoms with Gasteiger partial charge in [-0.2, -0.15) is 8.42 Å². The van der Waals surface area contributed by atoms with Crippen molar-refractivity contribution >= 4 is 43.9 Å². The molecule has 6 nitrogen and oxygen atoms in total. The number of sulfonamides is 1. The molecule has 5 aromatic carbocycles. The van der Waals surface area contributed by atoms with E-state index >= 15 is 0 Å². The highest BCUT2D eigenvalue weighted by Crippen LogP contribution is 2.35. The van der Waals surface area contributed by atoms with E-state index in [0.29, 0.717) is 17.2 Å². The summed E-state index contributed by atoms with van der Waals surface area (Å²) in [6.07, 6.45) is 0. The van der Waals surface area contributed by atoms with Crippen molar-refractivity contribution in [2.45, 2.75) is 25.7 Å². The third-order valence-electron chi connectivity index (χ3n) is 7.34. The van der Waals surface area contributed by atoms with Crippen molar-refractivity contribution in [3.8, 4) is 11.3 Å². The molecule has 0 atom stereocenters. The lowest BCUT2D eigenvalue weighted by Crippen LogP contribution is -2.34. The zero-order valence-electron chi connectivity index (χ0n) is 24.8. The largest absolute Gasteiger partial charge is 0.325 e. The molecule has 0 bridgehead atoms. The molecule has 44 heavy (non-hydrogen) atoms. The number of nitrogens with zero attached hydrogens (tertiary/aromatic N) is 3. The summed E-state index contributed by atoms with van der Waals surface area (Å²) in [7, 11) is -4.13. The fourth-order valence-corrected chi connectivity index (χ4v) is 5.85. The van der Waals surface area contributed by atoms with Crippen molar-refractivity contribution in [3.05, 3.63) is 150 Å². The third kappa shape index (κ3) is 6.23. The molecular weight excluding hydrogens is 565 g/mol. The van der Waals surface area contributed by atoms with E-state index in [0.717, 1.165) is 38.7 Å². The van der Waals surface area contributed by atoms with Gasteiger partial charge in [0.2, 0.25) is 5.96 Å². The van der Waals surface area contributed by atoms with Crippen LogP contribution in [0.1, 0.15) is 16.7 Å². The van der Waals surface area contributed by atoms with Crippen LogP contribution in [0.4, 0.5) is 17.2 Å². The molecule has 0 amide bonds. The Labute approximate surface area is 258 Å². The van der Waals surface area contributed by atoms with Gasteiger partial charge >= 0.3 is 0 Å². The molecule has 0 aliphatic rings. The number of guanidine groups is 1. The summed E-state index contributed by atoms with van der Waals surface area (Å²) in [6, 6.07) is 42.3. The second kappa shape index (κ2) is 12.1. The van der Waals surface area contributed by atoms with Crippen molar-refractivity contribution in [2.24, 2.45) is 4.40 Å². The predicted octanol–water partition coefficient (Wildman–Crippen LogP) is 8.82. The van der Waals surface area contributed by atoms with Crippen molar-refractivity contribution < 1.29 is 8.42 Å². The number of benzene rings is 5. The first kappa shape index (κ1) is 28.8. The predicted molar refractivity (Wildman–Crippen MR) is 181 cm³/mol. The van der Waals surface area contributed by atoms with Crippen LogP contribution in [0.3, 0.4) is 0 Å². The Bertz CT molecular complexity index is 2060. The van der Waals surface area contributed by atoms with Crippen LogP contribution in [-0.4, -0.2) is 19.4 Å². The molecule has 1 aromatic heterocycles. The molecule has 0 fully saturated rings. The Kier molecular flexibility index (Phi) is 7.96. The molecule has 1 heterocycles. The van der Waals surface area contributed by atoms with Gasteiger partial charge < -0.3 is 5.32 Å². The quantitative estimate of drug-likeness (QED) is 0.154. The van der Waals surface area contributed by atoms with Gasteiger partial charge in [-0.1, -0.05) is 108 Å². The number of fused-ring (bicyclic) bond motifs is 1. The Hall–Kier alpha value is -5.27. The molecule has 6 rings (SSSR count). The second-order valence-electron chi connectivity index (χ2n) is 10.8. The van der Waals surface area contributed by atoms with Crippen molar-refractivity contribution in [1.82, 2.24) is 4.98 Å².